The molecule has 0 spiro atoms. The van der Waals surface area contributed by atoms with Gasteiger partial charge in [0.25, 0.3) is 0 Å². The van der Waals surface area contributed by atoms with Gasteiger partial charge in [0.05, 0.1) is 6.10 Å². The van der Waals surface area contributed by atoms with Crippen LogP contribution >= 0.6 is 0 Å². The molecule has 4 nitrogen and oxygen atoms in total. The lowest BCUT2D eigenvalue weighted by Gasteiger charge is -2.24. The van der Waals surface area contributed by atoms with E-state index in [2.05, 4.69) is 23.2 Å². The maximum Gasteiger partial charge on any atom is 0.161 e. The number of Topliss-reactive ketones (excluding diaryl/α,β-unsaturated/α-hetero) is 1. The lowest BCUT2D eigenvalue weighted by Crippen LogP contribution is -2.27. The Morgan fingerprint density at radius 2 is 2.00 bits per heavy atom. The molecule has 0 atom stereocenters. The molecule has 1 fully saturated rings. The number of aliphatic imine (C=N–C) groups is 1. The fourth-order valence-electron chi connectivity index (χ4n) is 3.77. The average molecular weight is 341 g/mol. The molecule has 0 bridgehead atoms. The lowest BCUT2D eigenvalue weighted by molar-refractivity contribution is -0.126. The summed E-state index contributed by atoms with van der Waals surface area (Å²) in [5, 5.41) is 11.4. The van der Waals surface area contributed by atoms with E-state index in [0.29, 0.717) is 0 Å². The van der Waals surface area contributed by atoms with E-state index in [0.717, 1.165) is 61.6 Å². The molecule has 4 heteroatoms. The number of carbonyl (C=O) groups excluding carboxylic acids is 1. The summed E-state index contributed by atoms with van der Waals surface area (Å²) in [5.74, 6) is 0.925. The lowest BCUT2D eigenvalue weighted by atomic mass is 9.87. The van der Waals surface area contributed by atoms with Crippen molar-refractivity contribution in [3.63, 3.8) is 0 Å². The summed E-state index contributed by atoms with van der Waals surface area (Å²) in [5.41, 5.74) is 1.03. The Morgan fingerprint density at radius 3 is 2.72 bits per heavy atom. The van der Waals surface area contributed by atoms with Gasteiger partial charge in [-0.3, -0.25) is 9.79 Å². The minimum atomic E-state index is -0.324. The Hall–Kier alpha value is -1.94. The summed E-state index contributed by atoms with van der Waals surface area (Å²) in [7, 11) is 0. The summed E-state index contributed by atoms with van der Waals surface area (Å²) < 4.78 is 6.25. The minimum Gasteiger partial charge on any atom is -0.490 e. The van der Waals surface area contributed by atoms with E-state index in [1.807, 2.05) is 19.2 Å². The maximum atomic E-state index is 11.7. The normalized spacial score (nSPS) is 23.7. The first-order chi connectivity index (χ1) is 12.2. The summed E-state index contributed by atoms with van der Waals surface area (Å²) in [6.07, 6.45) is 10.8. The van der Waals surface area contributed by atoms with Gasteiger partial charge in [-0.15, -0.1) is 0 Å². The second kappa shape index (κ2) is 8.43. The first kappa shape index (κ1) is 17.9. The van der Waals surface area contributed by atoms with Crippen molar-refractivity contribution in [2.75, 3.05) is 6.61 Å². The number of fused-ring (bicyclic) bond motifs is 1. The third-order valence-corrected chi connectivity index (χ3v) is 5.21. The van der Waals surface area contributed by atoms with E-state index in [9.17, 15) is 4.79 Å². The van der Waals surface area contributed by atoms with Gasteiger partial charge in [-0.1, -0.05) is 12.1 Å². The number of rotatable bonds is 4. The number of nitrogens with zero attached hydrogens (tertiary/aromatic N) is 1. The van der Waals surface area contributed by atoms with Crippen LogP contribution < -0.4 is 15.2 Å². The smallest absolute Gasteiger partial charge is 0.161 e. The summed E-state index contributed by atoms with van der Waals surface area (Å²) in [6, 6.07) is 6.26. The summed E-state index contributed by atoms with van der Waals surface area (Å²) in [6.45, 7) is 1.71. The van der Waals surface area contributed by atoms with Gasteiger partial charge in [0.1, 0.15) is 12.4 Å². The molecule has 134 valence electrons. The van der Waals surface area contributed by atoms with Crippen molar-refractivity contribution in [1.82, 2.24) is 0 Å². The molecule has 0 amide bonds. The molecular weight excluding hydrogens is 314 g/mol. The van der Waals surface area contributed by atoms with E-state index in [1.165, 1.54) is 5.22 Å². The zero-order valence-electron chi connectivity index (χ0n) is 14.9. The van der Waals surface area contributed by atoms with Gasteiger partial charge in [-0.2, -0.15) is 0 Å². The van der Waals surface area contributed by atoms with Gasteiger partial charge in [0.15, 0.2) is 5.78 Å². The van der Waals surface area contributed by atoms with Crippen LogP contribution in [0.15, 0.2) is 23.2 Å². The summed E-state index contributed by atoms with van der Waals surface area (Å²) >= 11 is 0. The topological polar surface area (TPSA) is 58.9 Å². The Morgan fingerprint density at radius 1 is 1.24 bits per heavy atom. The van der Waals surface area contributed by atoms with Crippen LogP contribution in [0.25, 0.3) is 11.8 Å². The highest BCUT2D eigenvalue weighted by Gasteiger charge is 2.22. The van der Waals surface area contributed by atoms with Crippen LogP contribution in [-0.2, 0) is 4.79 Å². The third-order valence-electron chi connectivity index (χ3n) is 5.21. The first-order valence-corrected chi connectivity index (χ1v) is 9.31. The standard InChI is InChI=1S/C21H27NO3/c1-15-20-13-19(11-10-16(20)7-4-12-22-15)25-18-8-2-5-17(6-3-9-18)21(24)14-23/h7,10-13,17-18,23H,2-6,8-9,14H2,1H3. The Bertz CT molecular complexity index is 756. The maximum absolute atomic E-state index is 11.7. The van der Waals surface area contributed by atoms with Gasteiger partial charge in [0, 0.05) is 29.5 Å². The number of carbonyl (C=O) groups is 1. The molecule has 1 N–H and O–H groups in total. The van der Waals surface area contributed by atoms with Crippen LogP contribution in [0.4, 0.5) is 0 Å². The van der Waals surface area contributed by atoms with Crippen molar-refractivity contribution < 1.29 is 14.6 Å². The number of hydrogen-bond acceptors (Lipinski definition) is 4. The number of ether oxygens (including phenoxy) is 1. The Balaban J connectivity index is 1.68. The number of aliphatic hydroxyl groups excluding tert-OH is 1. The van der Waals surface area contributed by atoms with Crippen molar-refractivity contribution in [3.8, 4) is 5.75 Å². The molecule has 1 aliphatic heterocycles. The van der Waals surface area contributed by atoms with Gasteiger partial charge in [-0.25, -0.2) is 0 Å². The third kappa shape index (κ3) is 4.57. The van der Waals surface area contributed by atoms with Gasteiger partial charge < -0.3 is 9.84 Å². The highest BCUT2D eigenvalue weighted by Crippen LogP contribution is 2.25. The first-order valence-electron chi connectivity index (χ1n) is 9.31. The quantitative estimate of drug-likeness (QED) is 0.914. The van der Waals surface area contributed by atoms with Gasteiger partial charge in [0.2, 0.25) is 0 Å². The fraction of sp³-hybridized carbons (Fsp3) is 0.524. The Labute approximate surface area is 148 Å². The molecule has 3 rings (SSSR count). The number of benzene rings is 1. The molecule has 1 aromatic rings. The SMILES string of the molecule is CC1=c2cc(OC3CCCC(C(=O)CO)CCC3)ccc2=CCC=N1. The van der Waals surface area contributed by atoms with Gasteiger partial charge in [-0.05, 0) is 62.8 Å². The van der Waals surface area contributed by atoms with Crippen molar-refractivity contribution in [3.05, 3.63) is 28.6 Å². The largest absolute Gasteiger partial charge is 0.490 e. The van der Waals surface area contributed by atoms with Crippen molar-refractivity contribution >= 4 is 23.8 Å². The molecule has 25 heavy (non-hydrogen) atoms. The van der Waals surface area contributed by atoms with E-state index < -0.39 is 0 Å². The van der Waals surface area contributed by atoms with E-state index in [4.69, 9.17) is 9.84 Å². The predicted molar refractivity (Wildman–Crippen MR) is 100 cm³/mol. The summed E-state index contributed by atoms with van der Waals surface area (Å²) in [4.78, 5) is 16.2. The van der Waals surface area contributed by atoms with Crippen LogP contribution in [0, 0.1) is 5.92 Å². The molecule has 1 heterocycles. The molecule has 0 saturated heterocycles. The number of hydrogen-bond donors (Lipinski definition) is 1. The van der Waals surface area contributed by atoms with Crippen molar-refractivity contribution in [2.45, 2.75) is 58.0 Å². The van der Waals surface area contributed by atoms with Crippen molar-refractivity contribution in [2.24, 2.45) is 10.9 Å². The van der Waals surface area contributed by atoms with Crippen LogP contribution in [0.2, 0.25) is 0 Å². The molecule has 1 aromatic carbocycles. The highest BCUT2D eigenvalue weighted by atomic mass is 16.5. The average Bonchev–Trinajstić information content (AvgIpc) is 2.78. The Kier molecular flexibility index (Phi) is 6.03. The molecule has 0 radical (unpaired) electrons. The molecule has 1 aliphatic carbocycles. The highest BCUT2D eigenvalue weighted by molar-refractivity contribution is 5.81. The fourth-order valence-corrected chi connectivity index (χ4v) is 3.77. The van der Waals surface area contributed by atoms with Crippen LogP contribution in [-0.4, -0.2) is 29.8 Å². The number of aliphatic hydroxyl groups is 1. The minimum absolute atomic E-state index is 0.00654. The second-order valence-electron chi connectivity index (χ2n) is 7.01. The molecule has 1 saturated carbocycles. The predicted octanol–water partition coefficient (Wildman–Crippen LogP) is 2.35. The van der Waals surface area contributed by atoms with Gasteiger partial charge >= 0.3 is 0 Å². The molecule has 2 aliphatic rings. The van der Waals surface area contributed by atoms with Crippen LogP contribution in [0.3, 0.4) is 0 Å². The zero-order chi connectivity index (χ0) is 17.6. The second-order valence-corrected chi connectivity index (χ2v) is 7.01. The van der Waals surface area contributed by atoms with E-state index >= 15 is 0 Å². The molecule has 0 unspecified atom stereocenters. The van der Waals surface area contributed by atoms with Crippen LogP contribution in [0.5, 0.6) is 5.75 Å². The molecular formula is C21H27NO3. The number of ketones is 1. The van der Waals surface area contributed by atoms with E-state index in [1.54, 1.807) is 0 Å². The van der Waals surface area contributed by atoms with Crippen molar-refractivity contribution in [1.29, 1.82) is 0 Å². The monoisotopic (exact) mass is 341 g/mol. The van der Waals surface area contributed by atoms with E-state index in [-0.39, 0.29) is 24.4 Å². The molecule has 0 aromatic heterocycles. The van der Waals surface area contributed by atoms with Crippen LogP contribution in [0.1, 0.15) is 51.9 Å². The zero-order valence-corrected chi connectivity index (χ0v) is 14.9.